The first-order chi connectivity index (χ1) is 18.7. The Bertz CT molecular complexity index is 1060. The fraction of sp³-hybridized carbons (Fsp3) is 0.882. The standard InChI is InChI=1S/C34H57N3O3/c1-21-10-15-34(29(40)37-19-18-36-27(39)20-35)17-16-32(6)23(28(34)22(21)2)8-9-25-31(5)13-12-26(38)30(3,4)24(31)11-14-33(25,32)7/h8,21-22,24-26,28,38H,9-20,35H2,1-7H3,(H,36,39)(H,37,40)/t21-,22+,24+,25-,26+,28+,31+,32-,33-,34+/m1/s1. The van der Waals surface area contributed by atoms with Gasteiger partial charge in [0.15, 0.2) is 0 Å². The molecule has 0 spiro atoms. The number of carbonyl (C=O) groups is 2. The largest absolute Gasteiger partial charge is 0.393 e. The highest BCUT2D eigenvalue weighted by molar-refractivity contribution is 5.84. The highest BCUT2D eigenvalue weighted by Gasteiger charge is 2.69. The van der Waals surface area contributed by atoms with Crippen molar-refractivity contribution in [3.8, 4) is 0 Å². The first kappa shape index (κ1) is 30.1. The predicted octanol–water partition coefficient (Wildman–Crippen LogP) is 5.20. The maximum Gasteiger partial charge on any atom is 0.233 e. The van der Waals surface area contributed by atoms with E-state index in [0.29, 0.717) is 36.8 Å². The molecule has 226 valence electrons. The Hall–Kier alpha value is -1.40. The summed E-state index contributed by atoms with van der Waals surface area (Å²) in [6.07, 6.45) is 12.0. The van der Waals surface area contributed by atoms with E-state index in [1.807, 2.05) is 0 Å². The van der Waals surface area contributed by atoms with Crippen molar-refractivity contribution >= 4 is 11.8 Å². The molecule has 10 atom stereocenters. The number of nitrogens with one attached hydrogen (secondary N) is 2. The Kier molecular flexibility index (Phi) is 7.60. The third-order valence-corrected chi connectivity index (χ3v) is 14.3. The molecule has 0 saturated heterocycles. The number of hydrogen-bond donors (Lipinski definition) is 4. The summed E-state index contributed by atoms with van der Waals surface area (Å²) in [4.78, 5) is 25.7. The third kappa shape index (κ3) is 4.08. The summed E-state index contributed by atoms with van der Waals surface area (Å²) in [5.41, 5.74) is 7.10. The number of nitrogens with two attached hydrogens (primary N) is 1. The second-order valence-electron chi connectivity index (χ2n) is 16.0. The summed E-state index contributed by atoms with van der Waals surface area (Å²) in [7, 11) is 0. The Morgan fingerprint density at radius 1 is 0.925 bits per heavy atom. The summed E-state index contributed by atoms with van der Waals surface area (Å²) >= 11 is 0. The van der Waals surface area contributed by atoms with E-state index in [0.717, 1.165) is 44.9 Å². The van der Waals surface area contributed by atoms with Gasteiger partial charge < -0.3 is 21.5 Å². The molecule has 0 bridgehead atoms. The topological polar surface area (TPSA) is 104 Å². The molecular weight excluding hydrogens is 498 g/mol. The monoisotopic (exact) mass is 555 g/mol. The number of aliphatic hydroxyl groups is 1. The van der Waals surface area contributed by atoms with Crippen LogP contribution >= 0.6 is 0 Å². The molecule has 40 heavy (non-hydrogen) atoms. The number of allylic oxidation sites excluding steroid dienone is 2. The van der Waals surface area contributed by atoms with Gasteiger partial charge in [-0.25, -0.2) is 0 Å². The summed E-state index contributed by atoms with van der Waals surface area (Å²) in [6, 6.07) is 0. The normalized spacial score (nSPS) is 47.5. The lowest BCUT2D eigenvalue weighted by molar-refractivity contribution is -0.204. The van der Waals surface area contributed by atoms with Crippen molar-refractivity contribution in [1.29, 1.82) is 0 Å². The molecule has 0 aliphatic heterocycles. The van der Waals surface area contributed by atoms with Crippen LogP contribution in [0.5, 0.6) is 0 Å². The number of amides is 2. The SMILES string of the molecule is C[C@H]1[C@H](C)CC[C@]2(C(=O)NCCNC(=O)CN)CC[C@]3(C)C(=CC[C@@H]4[C@@]5(C)CC[C@H](O)C(C)(C)[C@@H]5CC[C@]43C)[C@H]12. The van der Waals surface area contributed by atoms with Crippen molar-refractivity contribution < 1.29 is 14.7 Å². The van der Waals surface area contributed by atoms with Crippen molar-refractivity contribution in [3.05, 3.63) is 11.6 Å². The molecular formula is C34H57N3O3. The molecule has 5 aliphatic rings. The van der Waals surface area contributed by atoms with Crippen molar-refractivity contribution in [2.75, 3.05) is 19.6 Å². The fourth-order valence-electron chi connectivity index (χ4n) is 11.5. The summed E-state index contributed by atoms with van der Waals surface area (Å²) in [5, 5.41) is 17.0. The fourth-order valence-corrected chi connectivity index (χ4v) is 11.5. The van der Waals surface area contributed by atoms with Crippen molar-refractivity contribution in [2.24, 2.45) is 62.4 Å². The lowest BCUT2D eigenvalue weighted by Crippen LogP contribution is -2.66. The maximum absolute atomic E-state index is 14.1. The molecule has 6 nitrogen and oxygen atoms in total. The summed E-state index contributed by atoms with van der Waals surface area (Å²) in [5.74, 6) is 2.46. The Balaban J connectivity index is 1.48. The zero-order valence-electron chi connectivity index (χ0n) is 26.4. The van der Waals surface area contributed by atoms with Gasteiger partial charge in [0.1, 0.15) is 0 Å². The van der Waals surface area contributed by atoms with Gasteiger partial charge in [-0.15, -0.1) is 0 Å². The van der Waals surface area contributed by atoms with Gasteiger partial charge in [0.2, 0.25) is 11.8 Å². The molecule has 4 saturated carbocycles. The van der Waals surface area contributed by atoms with Gasteiger partial charge in [0.25, 0.3) is 0 Å². The molecule has 0 aromatic heterocycles. The molecule has 2 amide bonds. The smallest absolute Gasteiger partial charge is 0.233 e. The van der Waals surface area contributed by atoms with E-state index < -0.39 is 0 Å². The van der Waals surface area contributed by atoms with E-state index in [-0.39, 0.29) is 57.5 Å². The van der Waals surface area contributed by atoms with Crippen molar-refractivity contribution in [2.45, 2.75) is 112 Å². The van der Waals surface area contributed by atoms with Crippen LogP contribution in [0.4, 0.5) is 0 Å². The van der Waals surface area contributed by atoms with E-state index >= 15 is 0 Å². The third-order valence-electron chi connectivity index (χ3n) is 14.3. The first-order valence-corrected chi connectivity index (χ1v) is 16.3. The van der Waals surface area contributed by atoms with Gasteiger partial charge in [-0.3, -0.25) is 9.59 Å². The molecule has 0 heterocycles. The van der Waals surface area contributed by atoms with Crippen LogP contribution in [0.15, 0.2) is 11.6 Å². The van der Waals surface area contributed by atoms with Crippen LogP contribution in [0.1, 0.15) is 106 Å². The second-order valence-corrected chi connectivity index (χ2v) is 16.0. The van der Waals surface area contributed by atoms with Gasteiger partial charge in [-0.1, -0.05) is 60.1 Å². The van der Waals surface area contributed by atoms with Crippen molar-refractivity contribution in [1.82, 2.24) is 10.6 Å². The predicted molar refractivity (Wildman–Crippen MR) is 160 cm³/mol. The van der Waals surface area contributed by atoms with Crippen LogP contribution in [0.25, 0.3) is 0 Å². The van der Waals surface area contributed by atoms with Gasteiger partial charge in [0.05, 0.1) is 18.1 Å². The molecule has 0 aromatic carbocycles. The highest BCUT2D eigenvalue weighted by Crippen LogP contribution is 2.75. The van der Waals surface area contributed by atoms with Crippen LogP contribution in [0.2, 0.25) is 0 Å². The quantitative estimate of drug-likeness (QED) is 0.277. The second kappa shape index (κ2) is 10.1. The minimum absolute atomic E-state index is 0.0280. The van der Waals surface area contributed by atoms with Crippen LogP contribution < -0.4 is 16.4 Å². The average Bonchev–Trinajstić information content (AvgIpc) is 2.91. The molecule has 4 fully saturated rings. The van der Waals surface area contributed by atoms with Gasteiger partial charge in [-0.05, 0) is 109 Å². The number of rotatable bonds is 5. The number of aliphatic hydroxyl groups excluding tert-OH is 1. The lowest BCUT2D eigenvalue weighted by Gasteiger charge is -2.71. The number of carbonyl (C=O) groups excluding carboxylic acids is 2. The zero-order valence-corrected chi connectivity index (χ0v) is 26.4. The molecule has 0 aromatic rings. The van der Waals surface area contributed by atoms with Gasteiger partial charge in [0, 0.05) is 13.1 Å². The minimum Gasteiger partial charge on any atom is -0.393 e. The maximum atomic E-state index is 14.1. The molecule has 5 aliphatic carbocycles. The van der Waals surface area contributed by atoms with Gasteiger partial charge >= 0.3 is 0 Å². The zero-order chi connectivity index (χ0) is 29.3. The minimum atomic E-state index is -0.365. The van der Waals surface area contributed by atoms with E-state index in [9.17, 15) is 14.7 Å². The highest BCUT2D eigenvalue weighted by atomic mass is 16.3. The molecule has 0 radical (unpaired) electrons. The first-order valence-electron chi connectivity index (χ1n) is 16.3. The van der Waals surface area contributed by atoms with E-state index in [2.05, 4.69) is 65.2 Å². The van der Waals surface area contributed by atoms with E-state index in [1.54, 1.807) is 5.57 Å². The molecule has 5 rings (SSSR count). The van der Waals surface area contributed by atoms with Gasteiger partial charge in [-0.2, -0.15) is 0 Å². The molecule has 0 unspecified atom stereocenters. The van der Waals surface area contributed by atoms with E-state index in [1.165, 1.54) is 12.8 Å². The Labute approximate surface area is 243 Å². The average molecular weight is 556 g/mol. The van der Waals surface area contributed by atoms with E-state index in [4.69, 9.17) is 5.73 Å². The summed E-state index contributed by atoms with van der Waals surface area (Å²) in [6.45, 7) is 18.0. The lowest BCUT2D eigenvalue weighted by atomic mass is 9.33. The van der Waals surface area contributed by atoms with Crippen molar-refractivity contribution in [3.63, 3.8) is 0 Å². The van der Waals surface area contributed by atoms with Crippen LogP contribution in [0.3, 0.4) is 0 Å². The van der Waals surface area contributed by atoms with Crippen LogP contribution in [0, 0.1) is 56.7 Å². The summed E-state index contributed by atoms with van der Waals surface area (Å²) < 4.78 is 0. The van der Waals surface area contributed by atoms with Crippen LogP contribution in [-0.2, 0) is 9.59 Å². The Morgan fingerprint density at radius 3 is 2.33 bits per heavy atom. The number of fused-ring (bicyclic) bond motifs is 7. The number of hydrogen-bond acceptors (Lipinski definition) is 4. The Morgan fingerprint density at radius 2 is 1.62 bits per heavy atom. The molecule has 5 N–H and O–H groups in total. The van der Waals surface area contributed by atoms with Crippen LogP contribution in [-0.4, -0.2) is 42.7 Å². The molecule has 6 heteroatoms.